The van der Waals surface area contributed by atoms with Crippen molar-refractivity contribution in [2.24, 2.45) is 17.6 Å². The van der Waals surface area contributed by atoms with Crippen LogP contribution in [-0.4, -0.2) is 12.5 Å². The molecule has 2 rings (SSSR count). The number of halogens is 2. The normalized spacial score (nSPS) is 23.6. The maximum atomic E-state index is 13.2. The van der Waals surface area contributed by atoms with Crippen molar-refractivity contribution < 1.29 is 13.6 Å². The van der Waals surface area contributed by atoms with Crippen molar-refractivity contribution in [1.29, 1.82) is 0 Å². The van der Waals surface area contributed by atoms with Crippen LogP contribution in [0.2, 0.25) is 0 Å². The minimum Gasteiger partial charge on any atom is -0.349 e. The van der Waals surface area contributed by atoms with E-state index < -0.39 is 11.6 Å². The predicted octanol–water partition coefficient (Wildman–Crippen LogP) is 2.52. The molecule has 1 aromatic rings. The van der Waals surface area contributed by atoms with Gasteiger partial charge in [-0.1, -0.05) is 12.5 Å². The second kappa shape index (κ2) is 6.31. The molecule has 20 heavy (non-hydrogen) atoms. The minimum absolute atomic E-state index is 0.0461. The second-order valence-electron chi connectivity index (χ2n) is 5.44. The first-order valence-corrected chi connectivity index (χ1v) is 6.98. The van der Waals surface area contributed by atoms with Crippen LogP contribution in [0.3, 0.4) is 0 Å². The molecule has 110 valence electrons. The number of carbonyl (C=O) groups excluding carboxylic acids is 1. The van der Waals surface area contributed by atoms with E-state index in [2.05, 4.69) is 5.32 Å². The van der Waals surface area contributed by atoms with Gasteiger partial charge in [-0.2, -0.15) is 0 Å². The summed E-state index contributed by atoms with van der Waals surface area (Å²) in [5.74, 6) is -1.66. The maximum Gasteiger partial charge on any atom is 0.223 e. The lowest BCUT2D eigenvalue weighted by Crippen LogP contribution is -2.36. The third kappa shape index (κ3) is 3.15. The van der Waals surface area contributed by atoms with Crippen LogP contribution in [0.1, 0.15) is 37.8 Å². The van der Waals surface area contributed by atoms with E-state index in [9.17, 15) is 13.6 Å². The van der Waals surface area contributed by atoms with Gasteiger partial charge in [0.05, 0.1) is 6.04 Å². The van der Waals surface area contributed by atoms with Crippen LogP contribution >= 0.6 is 0 Å². The number of rotatable bonds is 4. The molecule has 0 aromatic heterocycles. The summed E-state index contributed by atoms with van der Waals surface area (Å²) in [7, 11) is 0. The van der Waals surface area contributed by atoms with Crippen LogP contribution in [0.5, 0.6) is 0 Å². The molecule has 1 aliphatic rings. The van der Waals surface area contributed by atoms with Gasteiger partial charge in [0.1, 0.15) is 0 Å². The average molecular weight is 282 g/mol. The summed E-state index contributed by atoms with van der Waals surface area (Å²) in [5.41, 5.74) is 6.22. The molecule has 1 fully saturated rings. The summed E-state index contributed by atoms with van der Waals surface area (Å²) in [5, 5.41) is 2.87. The fraction of sp³-hybridized carbons (Fsp3) is 0.533. The number of hydrogen-bond donors (Lipinski definition) is 2. The number of amides is 1. The van der Waals surface area contributed by atoms with E-state index in [0.29, 0.717) is 12.1 Å². The summed E-state index contributed by atoms with van der Waals surface area (Å²) in [6, 6.07) is 3.33. The van der Waals surface area contributed by atoms with Crippen molar-refractivity contribution in [3.63, 3.8) is 0 Å². The van der Waals surface area contributed by atoms with E-state index in [-0.39, 0.29) is 23.8 Å². The highest BCUT2D eigenvalue weighted by Crippen LogP contribution is 2.31. The van der Waals surface area contributed by atoms with E-state index in [1.54, 1.807) is 6.92 Å². The molecular weight excluding hydrogens is 262 g/mol. The van der Waals surface area contributed by atoms with Crippen molar-refractivity contribution in [1.82, 2.24) is 5.32 Å². The maximum absolute atomic E-state index is 13.2. The van der Waals surface area contributed by atoms with Crippen molar-refractivity contribution >= 4 is 5.91 Å². The Morgan fingerprint density at radius 1 is 1.40 bits per heavy atom. The largest absolute Gasteiger partial charge is 0.349 e. The zero-order valence-corrected chi connectivity index (χ0v) is 11.5. The molecule has 0 saturated heterocycles. The van der Waals surface area contributed by atoms with Crippen molar-refractivity contribution in [3.05, 3.63) is 35.4 Å². The molecule has 0 bridgehead atoms. The number of hydrogen-bond acceptors (Lipinski definition) is 2. The summed E-state index contributed by atoms with van der Waals surface area (Å²) in [6.07, 6.45) is 2.84. The molecule has 1 aliphatic carbocycles. The van der Waals surface area contributed by atoms with E-state index in [4.69, 9.17) is 5.73 Å². The Morgan fingerprint density at radius 3 is 2.80 bits per heavy atom. The molecule has 0 spiro atoms. The highest BCUT2D eigenvalue weighted by atomic mass is 19.2. The number of nitrogens with one attached hydrogen (secondary N) is 1. The van der Waals surface area contributed by atoms with E-state index in [0.717, 1.165) is 31.4 Å². The lowest BCUT2D eigenvalue weighted by molar-refractivity contribution is -0.126. The number of nitrogens with two attached hydrogens (primary N) is 1. The molecule has 3 unspecified atom stereocenters. The first kappa shape index (κ1) is 14.9. The van der Waals surface area contributed by atoms with Crippen molar-refractivity contribution in [3.8, 4) is 0 Å². The molecule has 5 heteroatoms. The van der Waals surface area contributed by atoms with Crippen LogP contribution in [0.15, 0.2) is 18.2 Å². The Bertz CT molecular complexity index is 493. The Morgan fingerprint density at radius 2 is 2.15 bits per heavy atom. The lowest BCUT2D eigenvalue weighted by atomic mass is 9.94. The number of benzene rings is 1. The molecule has 3 atom stereocenters. The molecule has 3 nitrogen and oxygen atoms in total. The lowest BCUT2D eigenvalue weighted by Gasteiger charge is -2.21. The minimum atomic E-state index is -0.899. The molecular formula is C15H20F2N2O. The van der Waals surface area contributed by atoms with Crippen LogP contribution in [0.4, 0.5) is 8.78 Å². The number of carbonyl (C=O) groups is 1. The van der Waals surface area contributed by atoms with Gasteiger partial charge in [0.15, 0.2) is 11.6 Å². The SMILES string of the molecule is CC(NC(=O)C1CCCC1CN)c1ccc(F)c(F)c1. The Balaban J connectivity index is 2.01. The van der Waals surface area contributed by atoms with E-state index in [1.165, 1.54) is 6.07 Å². The molecule has 1 amide bonds. The zero-order chi connectivity index (χ0) is 14.7. The Kier molecular flexibility index (Phi) is 4.70. The van der Waals surface area contributed by atoms with Gasteiger partial charge in [-0.3, -0.25) is 4.79 Å². The zero-order valence-electron chi connectivity index (χ0n) is 11.5. The first-order chi connectivity index (χ1) is 9.52. The van der Waals surface area contributed by atoms with Gasteiger partial charge < -0.3 is 11.1 Å². The quantitative estimate of drug-likeness (QED) is 0.891. The van der Waals surface area contributed by atoms with Crippen molar-refractivity contribution in [2.75, 3.05) is 6.54 Å². The summed E-state index contributed by atoms with van der Waals surface area (Å²) in [4.78, 5) is 12.2. The molecule has 0 aliphatic heterocycles. The van der Waals surface area contributed by atoms with Crippen molar-refractivity contribution in [2.45, 2.75) is 32.2 Å². The average Bonchev–Trinajstić information content (AvgIpc) is 2.90. The highest BCUT2D eigenvalue weighted by molar-refractivity contribution is 5.79. The van der Waals surface area contributed by atoms with Crippen LogP contribution in [-0.2, 0) is 4.79 Å². The smallest absolute Gasteiger partial charge is 0.223 e. The van der Waals surface area contributed by atoms with Crippen LogP contribution in [0.25, 0.3) is 0 Å². The van der Waals surface area contributed by atoms with Gasteiger partial charge in [0.25, 0.3) is 0 Å². The highest BCUT2D eigenvalue weighted by Gasteiger charge is 2.32. The third-order valence-electron chi connectivity index (χ3n) is 4.10. The third-order valence-corrected chi connectivity index (χ3v) is 4.10. The van der Waals surface area contributed by atoms with Crippen LogP contribution < -0.4 is 11.1 Å². The molecule has 3 N–H and O–H groups in total. The van der Waals surface area contributed by atoms with Crippen LogP contribution in [0, 0.1) is 23.5 Å². The Hall–Kier alpha value is -1.49. The van der Waals surface area contributed by atoms with E-state index >= 15 is 0 Å². The monoisotopic (exact) mass is 282 g/mol. The van der Waals surface area contributed by atoms with Gasteiger partial charge in [0, 0.05) is 5.92 Å². The molecule has 0 heterocycles. The Labute approximate surface area is 117 Å². The predicted molar refractivity (Wildman–Crippen MR) is 72.8 cm³/mol. The summed E-state index contributed by atoms with van der Waals surface area (Å²) < 4.78 is 26.1. The molecule has 0 radical (unpaired) electrons. The summed E-state index contributed by atoms with van der Waals surface area (Å²) >= 11 is 0. The van der Waals surface area contributed by atoms with Gasteiger partial charge >= 0.3 is 0 Å². The first-order valence-electron chi connectivity index (χ1n) is 6.98. The molecule has 1 saturated carbocycles. The second-order valence-corrected chi connectivity index (χ2v) is 5.44. The van der Waals surface area contributed by atoms with Gasteiger partial charge in [-0.05, 0) is 49.9 Å². The van der Waals surface area contributed by atoms with Gasteiger partial charge in [0.2, 0.25) is 5.91 Å². The summed E-state index contributed by atoms with van der Waals surface area (Å²) in [6.45, 7) is 2.27. The fourth-order valence-corrected chi connectivity index (χ4v) is 2.85. The standard InChI is InChI=1S/C15H20F2N2O/c1-9(10-5-6-13(16)14(17)7-10)19-15(20)12-4-2-3-11(12)8-18/h5-7,9,11-12H,2-4,8,18H2,1H3,(H,19,20). The molecule has 1 aromatic carbocycles. The van der Waals surface area contributed by atoms with Gasteiger partial charge in [-0.25, -0.2) is 8.78 Å². The van der Waals surface area contributed by atoms with E-state index in [1.807, 2.05) is 0 Å². The topological polar surface area (TPSA) is 55.1 Å². The van der Waals surface area contributed by atoms with Gasteiger partial charge in [-0.15, -0.1) is 0 Å². The fourth-order valence-electron chi connectivity index (χ4n) is 2.85.